The van der Waals surface area contributed by atoms with Crippen molar-refractivity contribution in [2.24, 2.45) is 4.99 Å². The van der Waals surface area contributed by atoms with E-state index in [2.05, 4.69) is 28.8 Å². The molecule has 2 rings (SSSR count). The van der Waals surface area contributed by atoms with Crippen LogP contribution in [-0.2, 0) is 0 Å². The molecule has 1 aromatic rings. The van der Waals surface area contributed by atoms with E-state index in [9.17, 15) is 4.39 Å². The maximum absolute atomic E-state index is 13.1. The molecule has 1 aliphatic rings. The van der Waals surface area contributed by atoms with Gasteiger partial charge in [-0.25, -0.2) is 9.38 Å². The summed E-state index contributed by atoms with van der Waals surface area (Å²) in [5, 5.41) is 7.52. The second kappa shape index (κ2) is 11.8. The minimum Gasteiger partial charge on any atom is -0.492 e. The number of thioether (sulfide) groups is 1. The minimum atomic E-state index is -0.286. The van der Waals surface area contributed by atoms with Crippen molar-refractivity contribution in [1.82, 2.24) is 10.6 Å². The fraction of sp³-hybridized carbons (Fsp3) is 0.588. The minimum absolute atomic E-state index is 0. The smallest absolute Gasteiger partial charge is 0.191 e. The van der Waals surface area contributed by atoms with E-state index in [0.29, 0.717) is 24.9 Å². The van der Waals surface area contributed by atoms with Gasteiger partial charge in [0.05, 0.1) is 6.54 Å². The molecule has 2 N–H and O–H groups in total. The quantitative estimate of drug-likeness (QED) is 0.278. The van der Waals surface area contributed by atoms with Crippen molar-refractivity contribution >= 4 is 41.7 Å². The zero-order valence-electron chi connectivity index (χ0n) is 14.3. The second-order valence-corrected chi connectivity index (χ2v) is 6.72. The van der Waals surface area contributed by atoms with Crippen molar-refractivity contribution in [2.75, 3.05) is 26.0 Å². The number of aliphatic imine (C=N–C) groups is 1. The predicted molar refractivity (Wildman–Crippen MR) is 111 cm³/mol. The Kier molecular flexibility index (Phi) is 10.5. The summed E-state index contributed by atoms with van der Waals surface area (Å²) in [6.45, 7) is 3.84. The van der Waals surface area contributed by atoms with Gasteiger partial charge in [-0.3, -0.25) is 0 Å². The molecule has 0 aromatic heterocycles. The molecule has 0 spiro atoms. The maximum Gasteiger partial charge on any atom is 0.191 e. The molecule has 4 nitrogen and oxygen atoms in total. The highest BCUT2D eigenvalue weighted by atomic mass is 127. The fourth-order valence-corrected chi connectivity index (χ4v) is 3.47. The average Bonchev–Trinajstić information content (AvgIpc) is 2.99. The Bertz CT molecular complexity index is 518. The Morgan fingerprint density at radius 3 is 2.92 bits per heavy atom. The first-order valence-electron chi connectivity index (χ1n) is 8.17. The van der Waals surface area contributed by atoms with Crippen molar-refractivity contribution in [3.63, 3.8) is 0 Å². The summed E-state index contributed by atoms with van der Waals surface area (Å²) in [5.41, 5.74) is 0. The number of halogens is 2. The Hall–Kier alpha value is -0.700. The number of ether oxygens (including phenoxy) is 1. The van der Waals surface area contributed by atoms with Gasteiger partial charge in [0.1, 0.15) is 18.2 Å². The normalized spacial score (nSPS) is 20.4. The molecule has 0 aliphatic heterocycles. The lowest BCUT2D eigenvalue weighted by molar-refractivity contribution is 0.326. The molecule has 24 heavy (non-hydrogen) atoms. The van der Waals surface area contributed by atoms with Crippen molar-refractivity contribution < 1.29 is 9.13 Å². The summed E-state index contributed by atoms with van der Waals surface area (Å²) >= 11 is 1.95. The van der Waals surface area contributed by atoms with E-state index in [1.165, 1.54) is 31.4 Å². The third kappa shape index (κ3) is 7.46. The highest BCUT2D eigenvalue weighted by Gasteiger charge is 2.24. The van der Waals surface area contributed by atoms with Crippen LogP contribution in [-0.4, -0.2) is 43.2 Å². The number of rotatable bonds is 7. The van der Waals surface area contributed by atoms with E-state index in [0.717, 1.165) is 17.8 Å². The van der Waals surface area contributed by atoms with E-state index >= 15 is 0 Å². The molecule has 0 heterocycles. The van der Waals surface area contributed by atoms with Crippen LogP contribution in [0.5, 0.6) is 5.75 Å². The van der Waals surface area contributed by atoms with Crippen LogP contribution in [0.2, 0.25) is 0 Å². The van der Waals surface area contributed by atoms with Gasteiger partial charge in [-0.1, -0.05) is 6.07 Å². The molecular weight excluding hydrogens is 440 g/mol. The van der Waals surface area contributed by atoms with Crippen LogP contribution >= 0.6 is 35.7 Å². The van der Waals surface area contributed by atoms with Gasteiger partial charge in [0.2, 0.25) is 0 Å². The van der Waals surface area contributed by atoms with Gasteiger partial charge in [0.25, 0.3) is 0 Å². The van der Waals surface area contributed by atoms with E-state index in [1.54, 1.807) is 12.1 Å². The van der Waals surface area contributed by atoms with Gasteiger partial charge in [-0.05, 0) is 44.6 Å². The Balaban J connectivity index is 0.00000288. The molecule has 1 aliphatic carbocycles. The van der Waals surface area contributed by atoms with E-state index in [-0.39, 0.29) is 29.8 Å². The van der Waals surface area contributed by atoms with Crippen LogP contribution in [0.15, 0.2) is 29.3 Å². The standard InChI is InChI=1S/C17H26FN3OS.HI/c1-3-19-17(21-14-7-8-16(12-14)23-2)20-9-10-22-15-6-4-5-13(18)11-15;/h4-6,11,14,16H,3,7-10,12H2,1-2H3,(H2,19,20,21);1H. The lowest BCUT2D eigenvalue weighted by atomic mass is 10.2. The summed E-state index contributed by atoms with van der Waals surface area (Å²) in [4.78, 5) is 4.53. The average molecular weight is 467 g/mol. The van der Waals surface area contributed by atoms with E-state index in [1.807, 2.05) is 11.8 Å². The number of guanidine groups is 1. The fourth-order valence-electron chi connectivity index (χ4n) is 2.68. The lowest BCUT2D eigenvalue weighted by Crippen LogP contribution is -2.42. The van der Waals surface area contributed by atoms with Crippen LogP contribution in [0, 0.1) is 5.82 Å². The predicted octanol–water partition coefficient (Wildman–Crippen LogP) is 3.66. The molecule has 2 atom stereocenters. The molecule has 0 radical (unpaired) electrons. The van der Waals surface area contributed by atoms with Gasteiger partial charge in [-0.2, -0.15) is 11.8 Å². The monoisotopic (exact) mass is 467 g/mol. The highest BCUT2D eigenvalue weighted by Crippen LogP contribution is 2.27. The van der Waals surface area contributed by atoms with Gasteiger partial charge >= 0.3 is 0 Å². The summed E-state index contributed by atoms with van der Waals surface area (Å²) in [6, 6.07) is 6.67. The molecule has 7 heteroatoms. The molecule has 1 aromatic carbocycles. The largest absolute Gasteiger partial charge is 0.492 e. The summed E-state index contributed by atoms with van der Waals surface area (Å²) in [5.74, 6) is 1.09. The molecule has 0 bridgehead atoms. The molecule has 0 saturated heterocycles. The van der Waals surface area contributed by atoms with Crippen molar-refractivity contribution in [3.8, 4) is 5.75 Å². The molecule has 136 valence electrons. The maximum atomic E-state index is 13.1. The summed E-state index contributed by atoms with van der Waals surface area (Å²) in [6.07, 6.45) is 5.82. The topological polar surface area (TPSA) is 45.7 Å². The first kappa shape index (κ1) is 21.3. The number of nitrogens with zero attached hydrogens (tertiary/aromatic N) is 1. The summed E-state index contributed by atoms with van der Waals surface area (Å²) in [7, 11) is 0. The zero-order chi connectivity index (χ0) is 16.5. The number of hydrogen-bond donors (Lipinski definition) is 2. The Morgan fingerprint density at radius 2 is 2.25 bits per heavy atom. The van der Waals surface area contributed by atoms with Gasteiger partial charge in [0, 0.05) is 23.9 Å². The van der Waals surface area contributed by atoms with Gasteiger partial charge in [-0.15, -0.1) is 24.0 Å². The third-order valence-corrected chi connectivity index (χ3v) is 4.92. The van der Waals surface area contributed by atoms with E-state index in [4.69, 9.17) is 4.74 Å². The van der Waals surface area contributed by atoms with Crippen molar-refractivity contribution in [1.29, 1.82) is 0 Å². The van der Waals surface area contributed by atoms with Crippen molar-refractivity contribution in [2.45, 2.75) is 37.5 Å². The van der Waals surface area contributed by atoms with Crippen molar-refractivity contribution in [3.05, 3.63) is 30.1 Å². The second-order valence-electron chi connectivity index (χ2n) is 5.58. The number of nitrogens with one attached hydrogen (secondary N) is 2. The number of hydrogen-bond acceptors (Lipinski definition) is 3. The molecule has 1 saturated carbocycles. The zero-order valence-corrected chi connectivity index (χ0v) is 17.4. The first-order chi connectivity index (χ1) is 11.2. The third-order valence-electron chi connectivity index (χ3n) is 3.83. The van der Waals surface area contributed by atoms with Crippen LogP contribution in [0.1, 0.15) is 26.2 Å². The summed E-state index contributed by atoms with van der Waals surface area (Å²) < 4.78 is 18.6. The van der Waals surface area contributed by atoms with Crippen LogP contribution in [0.25, 0.3) is 0 Å². The van der Waals surface area contributed by atoms with Gasteiger partial charge in [0.15, 0.2) is 5.96 Å². The Labute approximate surface area is 165 Å². The highest BCUT2D eigenvalue weighted by molar-refractivity contribution is 14.0. The SMILES string of the molecule is CCNC(=NCCOc1cccc(F)c1)NC1CCC(SC)C1.I. The van der Waals surface area contributed by atoms with Crippen LogP contribution in [0.3, 0.4) is 0 Å². The first-order valence-corrected chi connectivity index (χ1v) is 9.46. The molecular formula is C17H27FIN3OS. The Morgan fingerprint density at radius 1 is 1.42 bits per heavy atom. The molecule has 0 amide bonds. The molecule has 1 fully saturated rings. The van der Waals surface area contributed by atoms with Crippen LogP contribution < -0.4 is 15.4 Å². The number of benzene rings is 1. The lowest BCUT2D eigenvalue weighted by Gasteiger charge is -2.17. The van der Waals surface area contributed by atoms with E-state index < -0.39 is 0 Å². The molecule has 2 unspecified atom stereocenters. The van der Waals surface area contributed by atoms with Gasteiger partial charge < -0.3 is 15.4 Å². The van der Waals surface area contributed by atoms with Crippen LogP contribution in [0.4, 0.5) is 4.39 Å².